The van der Waals surface area contributed by atoms with E-state index in [1.807, 2.05) is 13.8 Å². The number of Topliss-reactive ketones (excluding diaryl/α,β-unsaturated/α-hetero) is 2. The molecule has 0 fully saturated rings. The Hall–Kier alpha value is -2.61. The highest BCUT2D eigenvalue weighted by atomic mass is 32.1. The average Bonchev–Trinajstić information content (AvgIpc) is 2.97. The quantitative estimate of drug-likeness (QED) is 0.826. The normalized spacial score (nSPS) is 18.0. The summed E-state index contributed by atoms with van der Waals surface area (Å²) < 4.78 is 0. The van der Waals surface area contributed by atoms with E-state index in [9.17, 15) is 19.2 Å². The first-order chi connectivity index (χ1) is 12.7. The van der Waals surface area contributed by atoms with Gasteiger partial charge in [0.15, 0.2) is 16.7 Å². The molecule has 27 heavy (non-hydrogen) atoms. The van der Waals surface area contributed by atoms with Crippen molar-refractivity contribution < 1.29 is 14.4 Å². The van der Waals surface area contributed by atoms with Crippen LogP contribution < -0.4 is 10.9 Å². The second-order valence-corrected chi connectivity index (χ2v) is 8.87. The summed E-state index contributed by atoms with van der Waals surface area (Å²) in [5, 5.41) is 2.90. The van der Waals surface area contributed by atoms with Crippen LogP contribution in [0.1, 0.15) is 74.9 Å². The smallest absolute Gasteiger partial charge is 0.263 e. The molecule has 8 heteroatoms. The lowest BCUT2D eigenvalue weighted by Crippen LogP contribution is -2.32. The lowest BCUT2D eigenvalue weighted by atomic mass is 9.75. The molecule has 7 nitrogen and oxygen atoms in total. The van der Waals surface area contributed by atoms with E-state index < -0.39 is 11.5 Å². The molecule has 0 aliphatic heterocycles. The molecule has 0 saturated heterocycles. The van der Waals surface area contributed by atoms with Crippen LogP contribution in [0.25, 0.3) is 0 Å². The van der Waals surface area contributed by atoms with Gasteiger partial charge in [-0.25, -0.2) is 4.98 Å². The third-order valence-corrected chi connectivity index (χ3v) is 6.00. The van der Waals surface area contributed by atoms with Crippen molar-refractivity contribution in [2.75, 3.05) is 5.32 Å². The fraction of sp³-hybridized carbons (Fsp3) is 0.421. The van der Waals surface area contributed by atoms with E-state index in [-0.39, 0.29) is 22.5 Å². The maximum atomic E-state index is 12.6. The Labute approximate surface area is 159 Å². The number of hydrogen-bond donors (Lipinski definition) is 2. The molecule has 2 heterocycles. The van der Waals surface area contributed by atoms with Crippen molar-refractivity contribution in [3.05, 3.63) is 43.8 Å². The van der Waals surface area contributed by atoms with Crippen molar-refractivity contribution in [2.45, 2.75) is 46.0 Å². The van der Waals surface area contributed by atoms with E-state index in [4.69, 9.17) is 0 Å². The highest BCUT2D eigenvalue weighted by Gasteiger charge is 2.33. The summed E-state index contributed by atoms with van der Waals surface area (Å²) in [6.45, 7) is 3.94. The number of aromatic amines is 1. The van der Waals surface area contributed by atoms with E-state index in [2.05, 4.69) is 15.3 Å². The molecule has 2 aromatic rings. The van der Waals surface area contributed by atoms with Gasteiger partial charge in [0.2, 0.25) is 0 Å². The van der Waals surface area contributed by atoms with Gasteiger partial charge >= 0.3 is 0 Å². The van der Waals surface area contributed by atoms with Crippen molar-refractivity contribution in [3.8, 4) is 0 Å². The van der Waals surface area contributed by atoms with Crippen molar-refractivity contribution in [2.24, 2.45) is 5.41 Å². The van der Waals surface area contributed by atoms with Crippen LogP contribution >= 0.6 is 11.3 Å². The predicted molar refractivity (Wildman–Crippen MR) is 101 cm³/mol. The number of fused-ring (bicyclic) bond motifs is 2. The zero-order chi connectivity index (χ0) is 19.3. The number of pyridine rings is 1. The van der Waals surface area contributed by atoms with Crippen LogP contribution in [0.5, 0.6) is 0 Å². The van der Waals surface area contributed by atoms with Gasteiger partial charge in [0.05, 0.1) is 10.6 Å². The van der Waals surface area contributed by atoms with E-state index in [0.717, 1.165) is 17.8 Å². The summed E-state index contributed by atoms with van der Waals surface area (Å²) >= 11 is 1.13. The van der Waals surface area contributed by atoms with Crippen molar-refractivity contribution in [1.29, 1.82) is 0 Å². The van der Waals surface area contributed by atoms with Crippen LogP contribution in [0.2, 0.25) is 0 Å². The number of H-pyrrole nitrogens is 1. The molecule has 0 atom stereocenters. The molecule has 4 rings (SSSR count). The second kappa shape index (κ2) is 6.23. The fourth-order valence-electron chi connectivity index (χ4n) is 3.68. The highest BCUT2D eigenvalue weighted by Crippen LogP contribution is 2.33. The Morgan fingerprint density at radius 1 is 1.19 bits per heavy atom. The first kappa shape index (κ1) is 17.8. The molecule has 0 saturated carbocycles. The minimum Gasteiger partial charge on any atom is -0.325 e. The van der Waals surface area contributed by atoms with E-state index in [1.165, 1.54) is 6.07 Å². The lowest BCUT2D eigenvalue weighted by molar-refractivity contribution is 0.0909. The van der Waals surface area contributed by atoms with Crippen molar-refractivity contribution >= 4 is 33.9 Å². The number of rotatable bonds is 2. The van der Waals surface area contributed by atoms with E-state index in [1.54, 1.807) is 0 Å². The lowest BCUT2D eigenvalue weighted by Gasteiger charge is -2.29. The van der Waals surface area contributed by atoms with Crippen LogP contribution in [0, 0.1) is 5.41 Å². The molecule has 140 valence electrons. The van der Waals surface area contributed by atoms with Crippen molar-refractivity contribution in [1.82, 2.24) is 9.97 Å². The molecule has 0 radical (unpaired) electrons. The maximum Gasteiger partial charge on any atom is 0.263 e. The average molecular weight is 385 g/mol. The maximum absolute atomic E-state index is 12.6. The molecular weight excluding hydrogens is 366 g/mol. The number of anilines is 1. The number of hydrogen-bond acceptors (Lipinski definition) is 6. The first-order valence-electron chi connectivity index (χ1n) is 8.87. The standard InChI is InChI=1S/C19H19N3O4S/c1-19(2)7-12-9(14(24)8-19)6-10(16(25)20-12)17(26)22-18-21-11-4-3-5-13(23)15(11)27-18/h6H,3-5,7-8H2,1-2H3,(H,20,25)(H,21,22,26). The molecule has 0 spiro atoms. The number of aromatic nitrogens is 2. The van der Waals surface area contributed by atoms with Gasteiger partial charge in [-0.05, 0) is 30.7 Å². The zero-order valence-corrected chi connectivity index (χ0v) is 15.9. The van der Waals surface area contributed by atoms with Crippen LogP contribution in [0.15, 0.2) is 10.9 Å². The Morgan fingerprint density at radius 3 is 2.70 bits per heavy atom. The highest BCUT2D eigenvalue weighted by molar-refractivity contribution is 7.17. The molecule has 2 N–H and O–H groups in total. The summed E-state index contributed by atoms with van der Waals surface area (Å²) in [5.74, 6) is -0.675. The summed E-state index contributed by atoms with van der Waals surface area (Å²) in [7, 11) is 0. The van der Waals surface area contributed by atoms with E-state index in [0.29, 0.717) is 52.6 Å². The van der Waals surface area contributed by atoms with Gasteiger partial charge < -0.3 is 4.98 Å². The number of amides is 1. The number of thiazole rings is 1. The molecule has 1 amide bonds. The molecule has 2 aliphatic rings. The molecule has 0 aromatic carbocycles. The Bertz CT molecular complexity index is 1050. The van der Waals surface area contributed by atoms with Crippen molar-refractivity contribution in [3.63, 3.8) is 0 Å². The molecular formula is C19H19N3O4S. The van der Waals surface area contributed by atoms with Crippen LogP contribution in [0.3, 0.4) is 0 Å². The minimum atomic E-state index is -0.629. The molecule has 0 bridgehead atoms. The number of carbonyl (C=O) groups is 3. The third-order valence-electron chi connectivity index (χ3n) is 4.95. The Balaban J connectivity index is 1.63. The fourth-order valence-corrected chi connectivity index (χ4v) is 4.66. The number of ketones is 2. The first-order valence-corrected chi connectivity index (χ1v) is 9.69. The van der Waals surface area contributed by atoms with Gasteiger partial charge in [-0.15, -0.1) is 0 Å². The van der Waals surface area contributed by atoms with Crippen LogP contribution in [0.4, 0.5) is 5.13 Å². The van der Waals surface area contributed by atoms with Gasteiger partial charge in [0.1, 0.15) is 5.56 Å². The monoisotopic (exact) mass is 385 g/mol. The largest absolute Gasteiger partial charge is 0.325 e. The predicted octanol–water partition coefficient (Wildman–Crippen LogP) is 2.76. The van der Waals surface area contributed by atoms with Gasteiger partial charge in [-0.2, -0.15) is 0 Å². The second-order valence-electron chi connectivity index (χ2n) is 7.87. The van der Waals surface area contributed by atoms with Gasteiger partial charge in [-0.1, -0.05) is 25.2 Å². The molecule has 2 aromatic heterocycles. The van der Waals surface area contributed by atoms with Gasteiger partial charge in [0, 0.05) is 24.1 Å². The zero-order valence-electron chi connectivity index (χ0n) is 15.1. The summed E-state index contributed by atoms with van der Waals surface area (Å²) in [6, 6.07) is 1.37. The SMILES string of the molecule is CC1(C)CC(=O)c2cc(C(=O)Nc3nc4c(s3)C(=O)CCC4)c(=O)[nH]c2C1. The Kier molecular flexibility index (Phi) is 4.10. The van der Waals surface area contributed by atoms with Gasteiger partial charge in [-0.3, -0.25) is 24.5 Å². The number of aryl methyl sites for hydroxylation is 1. The number of nitrogens with one attached hydrogen (secondary N) is 2. The summed E-state index contributed by atoms with van der Waals surface area (Å²) in [6.07, 6.45) is 2.90. The van der Waals surface area contributed by atoms with Crippen LogP contribution in [-0.4, -0.2) is 27.4 Å². The third kappa shape index (κ3) is 3.25. The minimum absolute atomic E-state index is 0.0362. The van der Waals surface area contributed by atoms with E-state index >= 15 is 0 Å². The summed E-state index contributed by atoms with van der Waals surface area (Å²) in [5.41, 5.74) is 0.795. The van der Waals surface area contributed by atoms with Crippen LogP contribution in [-0.2, 0) is 12.8 Å². The summed E-state index contributed by atoms with van der Waals surface area (Å²) in [4.78, 5) is 56.9. The molecule has 0 unspecified atom stereocenters. The number of nitrogens with zero attached hydrogens (tertiary/aromatic N) is 1. The molecule has 2 aliphatic carbocycles. The topological polar surface area (TPSA) is 109 Å². The Morgan fingerprint density at radius 2 is 1.96 bits per heavy atom. The van der Waals surface area contributed by atoms with Gasteiger partial charge in [0.25, 0.3) is 11.5 Å². The number of carbonyl (C=O) groups excluding carboxylic acids is 3.